The quantitative estimate of drug-likeness (QED) is 0.847. The molecular formula is C22H27FN4O. The normalized spacial score (nSPS) is 30.6. The van der Waals surface area contributed by atoms with Crippen LogP contribution >= 0.6 is 0 Å². The summed E-state index contributed by atoms with van der Waals surface area (Å²) in [6, 6.07) is 6.03. The van der Waals surface area contributed by atoms with Crippen molar-refractivity contribution in [2.45, 2.75) is 63.8 Å². The molecule has 0 spiro atoms. The summed E-state index contributed by atoms with van der Waals surface area (Å²) >= 11 is 0. The second-order valence-corrected chi connectivity index (χ2v) is 9.14. The molecule has 6 rings (SSSR count). The highest BCUT2D eigenvalue weighted by molar-refractivity contribution is 5.90. The molecule has 1 aromatic heterocycles. The van der Waals surface area contributed by atoms with Crippen molar-refractivity contribution < 1.29 is 9.18 Å². The van der Waals surface area contributed by atoms with E-state index in [0.29, 0.717) is 5.95 Å². The standard InChI is InChI=1S/C22H27FN4O/c1-2-27-20(22-11-15-7-16(12-22)9-17(8-15)13-22)25-26-21(27)24-19(28)10-14-3-5-18(23)6-4-14/h3-6,15-17H,2,7-13H2,1H3,(H,24,26,28). The van der Waals surface area contributed by atoms with Gasteiger partial charge in [0.2, 0.25) is 11.9 Å². The molecule has 4 bridgehead atoms. The number of carbonyl (C=O) groups is 1. The van der Waals surface area contributed by atoms with E-state index in [0.717, 1.165) is 35.7 Å². The number of amides is 1. The molecule has 6 heteroatoms. The minimum Gasteiger partial charge on any atom is -0.297 e. The summed E-state index contributed by atoms with van der Waals surface area (Å²) < 4.78 is 15.2. The summed E-state index contributed by atoms with van der Waals surface area (Å²) in [6.07, 6.45) is 8.04. The smallest absolute Gasteiger partial charge is 0.231 e. The van der Waals surface area contributed by atoms with Gasteiger partial charge in [-0.1, -0.05) is 12.1 Å². The predicted octanol–water partition coefficient (Wildman–Crippen LogP) is 4.09. The molecular weight excluding hydrogens is 355 g/mol. The van der Waals surface area contributed by atoms with Crippen molar-refractivity contribution in [3.8, 4) is 0 Å². The fraction of sp³-hybridized carbons (Fsp3) is 0.591. The Morgan fingerprint density at radius 1 is 1.11 bits per heavy atom. The average molecular weight is 382 g/mol. The fourth-order valence-corrected chi connectivity index (χ4v) is 6.43. The van der Waals surface area contributed by atoms with Crippen LogP contribution in [0.3, 0.4) is 0 Å². The third kappa shape index (κ3) is 3.03. The minimum atomic E-state index is -0.296. The van der Waals surface area contributed by atoms with Crippen LogP contribution in [0.1, 0.15) is 56.8 Å². The third-order valence-electron chi connectivity index (χ3n) is 7.11. The van der Waals surface area contributed by atoms with Crippen LogP contribution in [0, 0.1) is 23.6 Å². The lowest BCUT2D eigenvalue weighted by atomic mass is 9.49. The Hall–Kier alpha value is -2.24. The number of carbonyl (C=O) groups excluding carboxylic acids is 1. The van der Waals surface area contributed by atoms with E-state index in [9.17, 15) is 9.18 Å². The largest absolute Gasteiger partial charge is 0.297 e. The Bertz CT molecular complexity index is 853. The number of hydrogen-bond acceptors (Lipinski definition) is 3. The number of benzene rings is 1. The number of halogens is 1. The Kier molecular flexibility index (Phi) is 4.25. The van der Waals surface area contributed by atoms with Gasteiger partial charge in [-0.25, -0.2) is 4.39 Å². The zero-order chi connectivity index (χ0) is 19.3. The van der Waals surface area contributed by atoms with Crippen molar-refractivity contribution >= 4 is 11.9 Å². The summed E-state index contributed by atoms with van der Waals surface area (Å²) in [4.78, 5) is 12.5. The first-order valence-electron chi connectivity index (χ1n) is 10.5. The molecule has 1 N–H and O–H groups in total. The lowest BCUT2D eigenvalue weighted by Gasteiger charge is -2.56. The highest BCUT2D eigenvalue weighted by Crippen LogP contribution is 2.60. The van der Waals surface area contributed by atoms with Gasteiger partial charge in [0.05, 0.1) is 6.42 Å². The maximum Gasteiger partial charge on any atom is 0.231 e. The Morgan fingerprint density at radius 3 is 2.29 bits per heavy atom. The summed E-state index contributed by atoms with van der Waals surface area (Å²) in [5.74, 6) is 3.69. The van der Waals surface area contributed by atoms with Crippen molar-refractivity contribution in [2.75, 3.05) is 5.32 Å². The molecule has 4 aliphatic carbocycles. The molecule has 4 saturated carbocycles. The maximum atomic E-state index is 13.1. The van der Waals surface area contributed by atoms with Crippen molar-refractivity contribution in [2.24, 2.45) is 17.8 Å². The van der Waals surface area contributed by atoms with E-state index in [1.54, 1.807) is 12.1 Å². The first-order valence-corrected chi connectivity index (χ1v) is 10.5. The molecule has 0 aliphatic heterocycles. The average Bonchev–Trinajstić information content (AvgIpc) is 3.06. The summed E-state index contributed by atoms with van der Waals surface area (Å²) in [7, 11) is 0. The van der Waals surface area contributed by atoms with Gasteiger partial charge in [-0.3, -0.25) is 14.7 Å². The van der Waals surface area contributed by atoms with Crippen LogP contribution in [0.4, 0.5) is 10.3 Å². The molecule has 1 heterocycles. The van der Waals surface area contributed by atoms with Gasteiger partial charge in [-0.2, -0.15) is 0 Å². The summed E-state index contributed by atoms with van der Waals surface area (Å²) in [5.41, 5.74) is 0.931. The predicted molar refractivity (Wildman–Crippen MR) is 104 cm³/mol. The molecule has 0 atom stereocenters. The van der Waals surface area contributed by atoms with Crippen molar-refractivity contribution in [1.29, 1.82) is 0 Å². The molecule has 2 aromatic rings. The van der Waals surface area contributed by atoms with E-state index in [-0.39, 0.29) is 23.6 Å². The van der Waals surface area contributed by atoms with Gasteiger partial charge in [0.15, 0.2) is 0 Å². The van der Waals surface area contributed by atoms with Gasteiger partial charge in [0, 0.05) is 12.0 Å². The van der Waals surface area contributed by atoms with Crippen LogP contribution < -0.4 is 5.32 Å². The monoisotopic (exact) mass is 382 g/mol. The van der Waals surface area contributed by atoms with Gasteiger partial charge in [0.25, 0.3) is 0 Å². The first-order chi connectivity index (χ1) is 13.5. The topological polar surface area (TPSA) is 59.8 Å². The molecule has 5 nitrogen and oxygen atoms in total. The lowest BCUT2D eigenvalue weighted by molar-refractivity contribution is -0.115. The number of anilines is 1. The second kappa shape index (κ2) is 6.68. The molecule has 1 aromatic carbocycles. The maximum absolute atomic E-state index is 13.1. The highest BCUT2D eigenvalue weighted by atomic mass is 19.1. The van der Waals surface area contributed by atoms with E-state index in [1.165, 1.54) is 50.7 Å². The third-order valence-corrected chi connectivity index (χ3v) is 7.11. The van der Waals surface area contributed by atoms with E-state index in [4.69, 9.17) is 0 Å². The molecule has 4 fully saturated rings. The van der Waals surface area contributed by atoms with Crippen LogP contribution in [0.15, 0.2) is 24.3 Å². The SMILES string of the molecule is CCn1c(NC(=O)Cc2ccc(F)cc2)nnc1C12CC3CC(CC(C3)C1)C2. The number of hydrogen-bond donors (Lipinski definition) is 1. The molecule has 0 unspecified atom stereocenters. The molecule has 0 saturated heterocycles. The fourth-order valence-electron chi connectivity index (χ4n) is 6.43. The second-order valence-electron chi connectivity index (χ2n) is 9.14. The lowest BCUT2D eigenvalue weighted by Crippen LogP contribution is -2.49. The van der Waals surface area contributed by atoms with Crippen LogP contribution in [0.25, 0.3) is 0 Å². The van der Waals surface area contributed by atoms with E-state index >= 15 is 0 Å². The van der Waals surface area contributed by atoms with E-state index in [1.807, 2.05) is 0 Å². The summed E-state index contributed by atoms with van der Waals surface area (Å²) in [5, 5.41) is 11.9. The van der Waals surface area contributed by atoms with Crippen LogP contribution in [0.2, 0.25) is 0 Å². The van der Waals surface area contributed by atoms with Crippen molar-refractivity contribution in [1.82, 2.24) is 14.8 Å². The minimum absolute atomic E-state index is 0.147. The van der Waals surface area contributed by atoms with Gasteiger partial charge in [-0.05, 0) is 80.9 Å². The molecule has 1 amide bonds. The molecule has 28 heavy (non-hydrogen) atoms. The number of aromatic nitrogens is 3. The first kappa shape index (κ1) is 17.8. The Labute approximate surface area is 164 Å². The number of nitrogens with zero attached hydrogens (tertiary/aromatic N) is 3. The molecule has 148 valence electrons. The molecule has 0 radical (unpaired) electrons. The van der Waals surface area contributed by atoms with Gasteiger partial charge in [-0.15, -0.1) is 10.2 Å². The molecule has 4 aliphatic rings. The number of rotatable bonds is 5. The summed E-state index contributed by atoms with van der Waals surface area (Å²) in [6.45, 7) is 2.83. The number of nitrogens with one attached hydrogen (secondary N) is 1. The van der Waals surface area contributed by atoms with E-state index < -0.39 is 0 Å². The van der Waals surface area contributed by atoms with Gasteiger partial charge >= 0.3 is 0 Å². The highest BCUT2D eigenvalue weighted by Gasteiger charge is 2.53. The van der Waals surface area contributed by atoms with Crippen molar-refractivity contribution in [3.05, 3.63) is 41.5 Å². The zero-order valence-electron chi connectivity index (χ0n) is 16.3. The Balaban J connectivity index is 1.36. The Morgan fingerprint density at radius 2 is 1.71 bits per heavy atom. The van der Waals surface area contributed by atoms with E-state index in [2.05, 4.69) is 27.0 Å². The van der Waals surface area contributed by atoms with Crippen LogP contribution in [0.5, 0.6) is 0 Å². The van der Waals surface area contributed by atoms with Gasteiger partial charge in [0.1, 0.15) is 11.6 Å². The van der Waals surface area contributed by atoms with Gasteiger partial charge < -0.3 is 0 Å². The zero-order valence-corrected chi connectivity index (χ0v) is 16.3. The van der Waals surface area contributed by atoms with Crippen molar-refractivity contribution in [3.63, 3.8) is 0 Å². The van der Waals surface area contributed by atoms with Crippen LogP contribution in [-0.2, 0) is 23.2 Å². The van der Waals surface area contributed by atoms with Crippen LogP contribution in [-0.4, -0.2) is 20.7 Å².